The molecule has 4 nitrogen and oxygen atoms in total. The number of benzene rings is 1. The van der Waals surface area contributed by atoms with E-state index in [9.17, 15) is 9.90 Å². The topological polar surface area (TPSA) is 49.8 Å². The van der Waals surface area contributed by atoms with E-state index in [2.05, 4.69) is 11.0 Å². The van der Waals surface area contributed by atoms with Gasteiger partial charge in [0, 0.05) is 12.6 Å². The number of aliphatic carboxylic acids is 1. The maximum absolute atomic E-state index is 11.6. The molecule has 3 unspecified atom stereocenters. The lowest BCUT2D eigenvalue weighted by molar-refractivity contribution is -0.142. The number of likely N-dealkylation sites (tertiary alicyclic amines) is 1. The Hall–Kier alpha value is -1.55. The molecule has 3 rings (SSSR count). The van der Waals surface area contributed by atoms with Gasteiger partial charge in [0.05, 0.1) is 6.61 Å². The Morgan fingerprint density at radius 1 is 1.36 bits per heavy atom. The number of hydrogen-bond donors (Lipinski definition) is 1. The average Bonchev–Trinajstić information content (AvgIpc) is 2.87. The smallest absolute Gasteiger partial charge is 0.320 e. The van der Waals surface area contributed by atoms with Gasteiger partial charge in [-0.3, -0.25) is 9.69 Å². The van der Waals surface area contributed by atoms with Crippen LogP contribution in [0.1, 0.15) is 44.6 Å². The molecule has 0 bridgehead atoms. The van der Waals surface area contributed by atoms with Gasteiger partial charge in [-0.15, -0.1) is 0 Å². The summed E-state index contributed by atoms with van der Waals surface area (Å²) in [6.45, 7) is 3.33. The molecule has 2 aliphatic rings. The number of carboxylic acids is 1. The zero-order valence-corrected chi connectivity index (χ0v) is 13.2. The van der Waals surface area contributed by atoms with Gasteiger partial charge in [-0.2, -0.15) is 0 Å². The minimum atomic E-state index is -0.671. The highest BCUT2D eigenvalue weighted by Gasteiger charge is 2.44. The number of hydrogen-bond acceptors (Lipinski definition) is 3. The van der Waals surface area contributed by atoms with Crippen LogP contribution in [-0.2, 0) is 11.3 Å². The van der Waals surface area contributed by atoms with Crippen LogP contribution in [0.15, 0.2) is 24.3 Å². The van der Waals surface area contributed by atoms with Crippen molar-refractivity contribution in [3.05, 3.63) is 29.8 Å². The maximum atomic E-state index is 11.6. The predicted octanol–water partition coefficient (Wildman–Crippen LogP) is 3.30. The lowest BCUT2D eigenvalue weighted by Gasteiger charge is -2.33. The third-order valence-corrected chi connectivity index (χ3v) is 5.08. The number of rotatable bonds is 5. The van der Waals surface area contributed by atoms with Gasteiger partial charge in [-0.05, 0) is 49.8 Å². The second-order valence-corrected chi connectivity index (χ2v) is 6.45. The Balaban J connectivity index is 1.78. The van der Waals surface area contributed by atoms with E-state index in [4.69, 9.17) is 4.74 Å². The van der Waals surface area contributed by atoms with E-state index in [1.54, 1.807) is 0 Å². The fourth-order valence-electron chi connectivity index (χ4n) is 4.13. The SMILES string of the molecule is CCOc1cccc(CN2C(C(=O)O)CC3CCCCC32)c1. The van der Waals surface area contributed by atoms with Crippen molar-refractivity contribution >= 4 is 5.97 Å². The highest BCUT2D eigenvalue weighted by molar-refractivity contribution is 5.74. The van der Waals surface area contributed by atoms with Crippen molar-refractivity contribution in [1.82, 2.24) is 4.90 Å². The van der Waals surface area contributed by atoms with Crippen LogP contribution < -0.4 is 4.74 Å². The van der Waals surface area contributed by atoms with Crippen LogP contribution in [0.2, 0.25) is 0 Å². The third-order valence-electron chi connectivity index (χ3n) is 5.08. The van der Waals surface area contributed by atoms with Gasteiger partial charge in [0.2, 0.25) is 0 Å². The molecule has 3 atom stereocenters. The van der Waals surface area contributed by atoms with Crippen LogP contribution in [0, 0.1) is 5.92 Å². The maximum Gasteiger partial charge on any atom is 0.320 e. The Morgan fingerprint density at radius 3 is 2.95 bits per heavy atom. The molecule has 1 aliphatic heterocycles. The third kappa shape index (κ3) is 3.12. The second-order valence-electron chi connectivity index (χ2n) is 6.45. The normalized spacial score (nSPS) is 28.3. The molecule has 0 radical (unpaired) electrons. The van der Waals surface area contributed by atoms with E-state index in [1.165, 1.54) is 19.3 Å². The van der Waals surface area contributed by atoms with Gasteiger partial charge in [0.15, 0.2) is 0 Å². The van der Waals surface area contributed by atoms with Gasteiger partial charge >= 0.3 is 5.97 Å². The summed E-state index contributed by atoms with van der Waals surface area (Å²) in [4.78, 5) is 13.9. The lowest BCUT2D eigenvalue weighted by Crippen LogP contribution is -2.41. The van der Waals surface area contributed by atoms with Crippen LogP contribution >= 0.6 is 0 Å². The van der Waals surface area contributed by atoms with E-state index in [-0.39, 0.29) is 6.04 Å². The van der Waals surface area contributed by atoms with Crippen molar-refractivity contribution in [2.75, 3.05) is 6.61 Å². The Labute approximate surface area is 132 Å². The molecule has 1 aromatic rings. The summed E-state index contributed by atoms with van der Waals surface area (Å²) < 4.78 is 5.56. The number of carboxylic acid groups (broad SMARTS) is 1. The Kier molecular flexibility index (Phi) is 4.67. The number of carbonyl (C=O) groups is 1. The quantitative estimate of drug-likeness (QED) is 0.906. The second kappa shape index (κ2) is 6.69. The predicted molar refractivity (Wildman–Crippen MR) is 84.9 cm³/mol. The van der Waals surface area contributed by atoms with E-state index < -0.39 is 5.97 Å². The van der Waals surface area contributed by atoms with E-state index >= 15 is 0 Å². The molecule has 0 aromatic heterocycles. The first-order valence-corrected chi connectivity index (χ1v) is 8.39. The molecule has 4 heteroatoms. The van der Waals surface area contributed by atoms with Crippen molar-refractivity contribution in [3.8, 4) is 5.75 Å². The molecular formula is C18H25NO3. The van der Waals surface area contributed by atoms with Gasteiger partial charge in [0.25, 0.3) is 0 Å². The summed E-state index contributed by atoms with van der Waals surface area (Å²) in [5.41, 5.74) is 1.14. The molecular weight excluding hydrogens is 278 g/mol. The van der Waals surface area contributed by atoms with Gasteiger partial charge < -0.3 is 9.84 Å². The first-order valence-electron chi connectivity index (χ1n) is 8.39. The van der Waals surface area contributed by atoms with E-state index in [0.717, 1.165) is 24.2 Å². The summed E-state index contributed by atoms with van der Waals surface area (Å²) in [5.74, 6) is 0.756. The molecule has 120 valence electrons. The van der Waals surface area contributed by atoms with Crippen LogP contribution in [0.3, 0.4) is 0 Å². The Morgan fingerprint density at radius 2 is 2.18 bits per heavy atom. The molecule has 1 aromatic carbocycles. The average molecular weight is 303 g/mol. The summed E-state index contributed by atoms with van der Waals surface area (Å²) in [5, 5.41) is 9.58. The van der Waals surface area contributed by atoms with Crippen LogP contribution in [0.4, 0.5) is 0 Å². The molecule has 1 heterocycles. The summed E-state index contributed by atoms with van der Waals surface area (Å²) >= 11 is 0. The largest absolute Gasteiger partial charge is 0.494 e. The highest BCUT2D eigenvalue weighted by Crippen LogP contribution is 2.40. The Bertz CT molecular complexity index is 531. The molecule has 1 saturated heterocycles. The lowest BCUT2D eigenvalue weighted by atomic mass is 9.84. The summed E-state index contributed by atoms with van der Waals surface area (Å²) in [6.07, 6.45) is 5.61. The van der Waals surface area contributed by atoms with Crippen molar-refractivity contribution in [2.45, 2.75) is 57.7 Å². The van der Waals surface area contributed by atoms with Crippen LogP contribution in [-0.4, -0.2) is 34.7 Å². The number of fused-ring (bicyclic) bond motifs is 1. The van der Waals surface area contributed by atoms with Gasteiger partial charge in [0.1, 0.15) is 11.8 Å². The van der Waals surface area contributed by atoms with Crippen molar-refractivity contribution in [3.63, 3.8) is 0 Å². The molecule has 2 fully saturated rings. The van der Waals surface area contributed by atoms with Crippen molar-refractivity contribution in [2.24, 2.45) is 5.92 Å². The van der Waals surface area contributed by atoms with E-state index in [1.807, 2.05) is 25.1 Å². The number of nitrogens with zero attached hydrogens (tertiary/aromatic N) is 1. The van der Waals surface area contributed by atoms with Crippen LogP contribution in [0.5, 0.6) is 5.75 Å². The number of ether oxygens (including phenoxy) is 1. The fourth-order valence-corrected chi connectivity index (χ4v) is 4.13. The highest BCUT2D eigenvalue weighted by atomic mass is 16.5. The summed E-state index contributed by atoms with van der Waals surface area (Å²) in [7, 11) is 0. The molecule has 1 N–H and O–H groups in total. The molecule has 22 heavy (non-hydrogen) atoms. The van der Waals surface area contributed by atoms with Crippen molar-refractivity contribution in [1.29, 1.82) is 0 Å². The van der Waals surface area contributed by atoms with E-state index in [0.29, 0.717) is 25.1 Å². The zero-order chi connectivity index (χ0) is 15.5. The molecule has 0 amide bonds. The van der Waals surface area contributed by atoms with Gasteiger partial charge in [-0.25, -0.2) is 0 Å². The van der Waals surface area contributed by atoms with Crippen LogP contribution in [0.25, 0.3) is 0 Å². The summed E-state index contributed by atoms with van der Waals surface area (Å²) in [6, 6.07) is 8.16. The first-order chi connectivity index (χ1) is 10.7. The standard InChI is InChI=1S/C18H25NO3/c1-2-22-15-8-5-6-13(10-15)12-19-16-9-4-3-7-14(16)11-17(19)18(20)21/h5-6,8,10,14,16-17H,2-4,7,9,11-12H2,1H3,(H,20,21). The molecule has 0 spiro atoms. The molecule has 1 saturated carbocycles. The monoisotopic (exact) mass is 303 g/mol. The van der Waals surface area contributed by atoms with Crippen molar-refractivity contribution < 1.29 is 14.6 Å². The minimum absolute atomic E-state index is 0.330. The first kappa shape index (κ1) is 15.3. The fraction of sp³-hybridized carbons (Fsp3) is 0.611. The van der Waals surface area contributed by atoms with Gasteiger partial charge in [-0.1, -0.05) is 25.0 Å². The zero-order valence-electron chi connectivity index (χ0n) is 13.2. The minimum Gasteiger partial charge on any atom is -0.494 e. The molecule has 1 aliphatic carbocycles.